The van der Waals surface area contributed by atoms with Crippen LogP contribution in [0, 0.1) is 0 Å². The molecular weight excluding hydrogens is 993 g/mol. The molecule has 0 aromatic carbocycles. The Hall–Kier alpha value is -2.40. The predicted molar refractivity (Wildman–Crippen MR) is 357 cm³/mol. The predicted octanol–water partition coefficient (Wildman–Crippen LogP) is 25.3. The molecule has 0 saturated heterocycles. The molecule has 0 heterocycles. The van der Waals surface area contributed by atoms with E-state index in [-0.39, 0.29) is 25.2 Å². The van der Waals surface area contributed by atoms with Crippen molar-refractivity contribution in [2.45, 2.75) is 399 Å². The van der Waals surface area contributed by atoms with Crippen LogP contribution in [0.4, 0.5) is 0 Å². The molecule has 0 amide bonds. The Morgan fingerprint density at radius 2 is 0.531 bits per heavy atom. The summed E-state index contributed by atoms with van der Waals surface area (Å²) in [7, 11) is 0. The van der Waals surface area contributed by atoms with Gasteiger partial charge in [0.15, 0.2) is 6.10 Å². The first-order valence-corrected chi connectivity index (χ1v) is 36.3. The Morgan fingerprint density at radius 1 is 0.296 bits per heavy atom. The molecule has 474 valence electrons. The van der Waals surface area contributed by atoms with Crippen LogP contribution in [0.3, 0.4) is 0 Å². The largest absolute Gasteiger partial charge is 0.462 e. The summed E-state index contributed by atoms with van der Waals surface area (Å²) in [4.78, 5) is 24.7. The van der Waals surface area contributed by atoms with Crippen molar-refractivity contribution >= 4 is 11.9 Å². The second-order valence-corrected chi connectivity index (χ2v) is 24.7. The first-order valence-electron chi connectivity index (χ1n) is 36.3. The maximum atomic E-state index is 12.4. The molecule has 1 N–H and O–H groups in total. The molecule has 0 aromatic rings. The van der Waals surface area contributed by atoms with Crippen LogP contribution in [0.1, 0.15) is 393 Å². The van der Waals surface area contributed by atoms with Crippen molar-refractivity contribution in [2.24, 2.45) is 0 Å². The Kier molecular flexibility index (Phi) is 69.7. The number of hydrogen-bond donors (Lipinski definition) is 1. The average Bonchev–Trinajstić information content (AvgIpc) is 3.47. The van der Waals surface area contributed by atoms with Gasteiger partial charge >= 0.3 is 11.9 Å². The monoisotopic (exact) mass is 1130 g/mol. The number of hydrogen-bond acceptors (Lipinski definition) is 5. The van der Waals surface area contributed by atoms with Crippen LogP contribution in [0.25, 0.3) is 0 Å². The topological polar surface area (TPSA) is 72.8 Å². The molecule has 0 spiro atoms. The minimum absolute atomic E-state index is 0.0609. The minimum Gasteiger partial charge on any atom is -0.462 e. The van der Waals surface area contributed by atoms with E-state index in [0.717, 1.165) is 64.2 Å². The molecule has 0 bridgehead atoms. The SMILES string of the molecule is CC/C=C\C/C=C\C/C=C\C/C=C\C/C=C\CCCCCCCCCCCCCCCCCCCC(=O)OC(CO)COC(=O)CCCCCCCCCCCCCCCCCCCCCCCCCCCCCCCCCCCC. The van der Waals surface area contributed by atoms with E-state index < -0.39 is 6.10 Å². The average molecular weight is 1130 g/mol. The molecule has 1 unspecified atom stereocenters. The van der Waals surface area contributed by atoms with Gasteiger partial charge in [-0.15, -0.1) is 0 Å². The Bertz CT molecular complexity index is 1380. The Balaban J connectivity index is 3.39. The van der Waals surface area contributed by atoms with Crippen LogP contribution in [0.5, 0.6) is 0 Å². The zero-order valence-corrected chi connectivity index (χ0v) is 54.6. The number of aliphatic hydroxyl groups is 1. The van der Waals surface area contributed by atoms with Crippen molar-refractivity contribution in [1.82, 2.24) is 0 Å². The molecular formula is C76H140O5. The molecule has 5 heteroatoms. The lowest BCUT2D eigenvalue weighted by molar-refractivity contribution is -0.161. The fourth-order valence-corrected chi connectivity index (χ4v) is 11.2. The summed E-state index contributed by atoms with van der Waals surface area (Å²) in [5, 5.41) is 9.71. The zero-order chi connectivity index (χ0) is 58.4. The number of rotatable bonds is 68. The van der Waals surface area contributed by atoms with E-state index in [4.69, 9.17) is 9.47 Å². The first-order chi connectivity index (χ1) is 40.1. The summed E-state index contributed by atoms with van der Waals surface area (Å²) in [6.45, 7) is 4.09. The van der Waals surface area contributed by atoms with Crippen LogP contribution in [-0.2, 0) is 19.1 Å². The third-order valence-electron chi connectivity index (χ3n) is 16.6. The number of allylic oxidation sites excluding steroid dienone is 10. The van der Waals surface area contributed by atoms with Gasteiger partial charge in [0.05, 0.1) is 6.61 Å². The highest BCUT2D eigenvalue weighted by Gasteiger charge is 2.16. The molecule has 0 aliphatic heterocycles. The van der Waals surface area contributed by atoms with Gasteiger partial charge in [0.25, 0.3) is 0 Å². The van der Waals surface area contributed by atoms with Gasteiger partial charge in [0.2, 0.25) is 0 Å². The number of aliphatic hydroxyl groups excluding tert-OH is 1. The molecule has 0 aliphatic carbocycles. The molecule has 0 radical (unpaired) electrons. The van der Waals surface area contributed by atoms with Gasteiger partial charge in [-0.2, -0.15) is 0 Å². The third kappa shape index (κ3) is 70.0. The number of carbonyl (C=O) groups excluding carboxylic acids is 2. The Labute approximate surface area is 506 Å². The molecule has 0 fully saturated rings. The van der Waals surface area contributed by atoms with Gasteiger partial charge in [-0.3, -0.25) is 9.59 Å². The lowest BCUT2D eigenvalue weighted by Gasteiger charge is -2.15. The quantitative estimate of drug-likeness (QED) is 0.0373. The molecule has 1 atom stereocenters. The van der Waals surface area contributed by atoms with Gasteiger partial charge in [-0.05, 0) is 57.8 Å². The Morgan fingerprint density at radius 3 is 0.802 bits per heavy atom. The standard InChI is InChI=1S/C76H140O5/c1-3-5-7-9-11-13-15-17-19-21-23-25-27-29-31-33-35-37-39-40-42-44-46-48-50-52-54-56-58-60-62-64-66-68-70-75(78)80-73-74(72-77)81-76(79)71-69-67-65-63-61-59-57-55-53-51-49-47-45-43-41-38-36-34-32-30-28-26-24-22-20-18-16-14-12-10-8-6-4-2/h6,8,12,14,18,20,24,26,30,32,74,77H,3-5,7,9-11,13,15-17,19,21-23,25,27-29,31,33-73H2,1-2H3/b8-6-,14-12-,20-18-,26-24-,32-30-. The molecule has 0 aliphatic rings. The van der Waals surface area contributed by atoms with Crippen LogP contribution < -0.4 is 0 Å². The summed E-state index contributed by atoms with van der Waals surface area (Å²) in [6, 6.07) is 0. The summed E-state index contributed by atoms with van der Waals surface area (Å²) in [5.41, 5.74) is 0. The van der Waals surface area contributed by atoms with Crippen molar-refractivity contribution in [2.75, 3.05) is 13.2 Å². The van der Waals surface area contributed by atoms with Crippen molar-refractivity contribution < 1.29 is 24.2 Å². The van der Waals surface area contributed by atoms with Gasteiger partial charge in [-0.25, -0.2) is 0 Å². The maximum Gasteiger partial charge on any atom is 0.306 e. The van der Waals surface area contributed by atoms with Crippen LogP contribution in [0.15, 0.2) is 60.8 Å². The van der Waals surface area contributed by atoms with Gasteiger partial charge in [-0.1, -0.05) is 383 Å². The maximum absolute atomic E-state index is 12.4. The van der Waals surface area contributed by atoms with Crippen LogP contribution in [0.2, 0.25) is 0 Å². The van der Waals surface area contributed by atoms with Gasteiger partial charge in [0.1, 0.15) is 6.61 Å². The smallest absolute Gasteiger partial charge is 0.306 e. The van der Waals surface area contributed by atoms with Crippen molar-refractivity contribution in [3.05, 3.63) is 60.8 Å². The third-order valence-corrected chi connectivity index (χ3v) is 16.6. The van der Waals surface area contributed by atoms with E-state index in [9.17, 15) is 14.7 Å². The van der Waals surface area contributed by atoms with E-state index in [2.05, 4.69) is 74.6 Å². The first kappa shape index (κ1) is 78.6. The summed E-state index contributed by atoms with van der Waals surface area (Å²) in [6.07, 6.45) is 98.5. The summed E-state index contributed by atoms with van der Waals surface area (Å²) < 4.78 is 10.8. The fraction of sp³-hybridized carbons (Fsp3) is 0.842. The highest BCUT2D eigenvalue weighted by Crippen LogP contribution is 2.19. The fourth-order valence-electron chi connectivity index (χ4n) is 11.2. The number of unbranched alkanes of at least 4 members (excludes halogenated alkanes) is 50. The second-order valence-electron chi connectivity index (χ2n) is 24.7. The normalized spacial score (nSPS) is 12.5. The highest BCUT2D eigenvalue weighted by atomic mass is 16.6. The zero-order valence-electron chi connectivity index (χ0n) is 54.6. The molecule has 5 nitrogen and oxygen atoms in total. The lowest BCUT2D eigenvalue weighted by atomic mass is 10.0. The molecule has 81 heavy (non-hydrogen) atoms. The van der Waals surface area contributed by atoms with Crippen LogP contribution in [-0.4, -0.2) is 36.4 Å². The van der Waals surface area contributed by atoms with Crippen molar-refractivity contribution in [3.63, 3.8) is 0 Å². The van der Waals surface area contributed by atoms with E-state index >= 15 is 0 Å². The molecule has 0 aromatic heterocycles. The van der Waals surface area contributed by atoms with E-state index in [0.29, 0.717) is 12.8 Å². The number of ether oxygens (including phenoxy) is 2. The summed E-state index contributed by atoms with van der Waals surface area (Å²) >= 11 is 0. The number of esters is 2. The van der Waals surface area contributed by atoms with E-state index in [1.54, 1.807) is 0 Å². The van der Waals surface area contributed by atoms with E-state index in [1.165, 1.54) is 302 Å². The van der Waals surface area contributed by atoms with Crippen molar-refractivity contribution in [1.29, 1.82) is 0 Å². The lowest BCUT2D eigenvalue weighted by Crippen LogP contribution is -2.28. The van der Waals surface area contributed by atoms with E-state index in [1.807, 2.05) is 0 Å². The number of carbonyl (C=O) groups is 2. The molecule has 0 saturated carbocycles. The van der Waals surface area contributed by atoms with Gasteiger partial charge in [0, 0.05) is 12.8 Å². The van der Waals surface area contributed by atoms with Crippen LogP contribution >= 0.6 is 0 Å². The minimum atomic E-state index is -0.772. The summed E-state index contributed by atoms with van der Waals surface area (Å²) in [5.74, 6) is -0.568. The molecule has 0 rings (SSSR count). The van der Waals surface area contributed by atoms with Crippen molar-refractivity contribution in [3.8, 4) is 0 Å². The second kappa shape index (κ2) is 71.9. The van der Waals surface area contributed by atoms with Gasteiger partial charge < -0.3 is 14.6 Å². The highest BCUT2D eigenvalue weighted by molar-refractivity contribution is 5.70.